The number of nitrogens with zero attached hydrogens (tertiary/aromatic N) is 1. The van der Waals surface area contributed by atoms with Crippen LogP contribution in [-0.2, 0) is 10.0 Å². The molecule has 0 aromatic heterocycles. The van der Waals surface area contributed by atoms with Crippen molar-refractivity contribution in [2.45, 2.75) is 32.1 Å². The van der Waals surface area contributed by atoms with Gasteiger partial charge in [-0.05, 0) is 51.0 Å². The van der Waals surface area contributed by atoms with Gasteiger partial charge in [0.15, 0.2) is 0 Å². The molecule has 1 rings (SSSR count). The molecule has 0 unspecified atom stereocenters. The molecule has 1 aromatic carbocycles. The standard InChI is InChI=1S/C19H25NO2S/c1-5-7-8-9-15-20(16-18(4)10-6-2)23(21,22)19-13-11-17(3)12-14-19/h5-8,11-14H,1,9,15-16H2,2-4H3/b8-7+. The second-order valence-corrected chi connectivity index (χ2v) is 7.26. The quantitative estimate of drug-likeness (QED) is 0.528. The number of rotatable bonds is 8. The molecule has 0 saturated carbocycles. The van der Waals surface area contributed by atoms with Crippen molar-refractivity contribution in [1.82, 2.24) is 4.31 Å². The molecule has 0 aliphatic carbocycles. The van der Waals surface area contributed by atoms with Crippen molar-refractivity contribution >= 4 is 10.0 Å². The number of hydrogen-bond acceptors (Lipinski definition) is 2. The van der Waals surface area contributed by atoms with Crippen LogP contribution in [-0.4, -0.2) is 25.8 Å². The van der Waals surface area contributed by atoms with Crippen molar-refractivity contribution in [2.24, 2.45) is 0 Å². The fraction of sp³-hybridized carbons (Fsp3) is 0.316. The largest absolute Gasteiger partial charge is 0.243 e. The minimum Gasteiger partial charge on any atom is -0.207 e. The fourth-order valence-electron chi connectivity index (χ4n) is 2.11. The zero-order chi connectivity index (χ0) is 17.3. The van der Waals surface area contributed by atoms with Gasteiger partial charge < -0.3 is 0 Å². The van der Waals surface area contributed by atoms with Gasteiger partial charge in [0.2, 0.25) is 10.0 Å². The molecule has 0 aliphatic rings. The lowest BCUT2D eigenvalue weighted by molar-refractivity contribution is 0.441. The van der Waals surface area contributed by atoms with Crippen LogP contribution in [0.15, 0.2) is 71.3 Å². The van der Waals surface area contributed by atoms with Crippen LogP contribution in [0.2, 0.25) is 0 Å². The Morgan fingerprint density at radius 1 is 1.30 bits per heavy atom. The monoisotopic (exact) mass is 331 g/mol. The highest BCUT2D eigenvalue weighted by molar-refractivity contribution is 7.89. The van der Waals surface area contributed by atoms with E-state index in [9.17, 15) is 8.42 Å². The molecule has 124 valence electrons. The van der Waals surface area contributed by atoms with Gasteiger partial charge >= 0.3 is 0 Å². The molecule has 0 atom stereocenters. The zero-order valence-electron chi connectivity index (χ0n) is 14.1. The summed E-state index contributed by atoms with van der Waals surface area (Å²) in [7, 11) is -3.52. The van der Waals surface area contributed by atoms with Crippen molar-refractivity contribution in [3.63, 3.8) is 0 Å². The van der Waals surface area contributed by atoms with Crippen LogP contribution in [0.5, 0.6) is 0 Å². The van der Waals surface area contributed by atoms with E-state index in [-0.39, 0.29) is 0 Å². The van der Waals surface area contributed by atoms with Gasteiger partial charge in [-0.25, -0.2) is 8.42 Å². The molecule has 23 heavy (non-hydrogen) atoms. The Morgan fingerprint density at radius 2 is 1.96 bits per heavy atom. The molecule has 0 radical (unpaired) electrons. The average Bonchev–Trinajstić information content (AvgIpc) is 2.51. The van der Waals surface area contributed by atoms with Crippen LogP contribution >= 0.6 is 0 Å². The molecule has 0 bridgehead atoms. The maximum absolute atomic E-state index is 12.9. The first kappa shape index (κ1) is 19.2. The minimum atomic E-state index is -3.52. The first-order valence-corrected chi connectivity index (χ1v) is 9.07. The fourth-order valence-corrected chi connectivity index (χ4v) is 3.60. The van der Waals surface area contributed by atoms with Crippen LogP contribution in [0.25, 0.3) is 0 Å². The van der Waals surface area contributed by atoms with Gasteiger partial charge in [0.05, 0.1) is 4.90 Å². The maximum atomic E-state index is 12.9. The van der Waals surface area contributed by atoms with Crippen molar-refractivity contribution in [3.05, 3.63) is 72.0 Å². The summed E-state index contributed by atoms with van der Waals surface area (Å²) in [6.07, 6.45) is 7.86. The highest BCUT2D eigenvalue weighted by Gasteiger charge is 2.23. The van der Waals surface area contributed by atoms with Crippen LogP contribution < -0.4 is 0 Å². The van der Waals surface area contributed by atoms with Gasteiger partial charge in [0.25, 0.3) is 0 Å². The molecule has 0 saturated heterocycles. The Hall–Kier alpha value is -1.87. The van der Waals surface area contributed by atoms with E-state index in [0.29, 0.717) is 24.4 Å². The molecule has 0 fully saturated rings. The second kappa shape index (κ2) is 9.31. The highest BCUT2D eigenvalue weighted by atomic mass is 32.2. The number of sulfonamides is 1. The van der Waals surface area contributed by atoms with Gasteiger partial charge in [-0.15, -0.1) is 5.73 Å². The first-order chi connectivity index (χ1) is 10.9. The van der Waals surface area contributed by atoms with Crippen molar-refractivity contribution in [1.29, 1.82) is 0 Å². The van der Waals surface area contributed by atoms with Crippen LogP contribution in [0.4, 0.5) is 0 Å². The summed E-state index contributed by atoms with van der Waals surface area (Å²) in [5.41, 5.74) is 4.98. The summed E-state index contributed by atoms with van der Waals surface area (Å²) in [6, 6.07) is 6.95. The van der Waals surface area contributed by atoms with E-state index in [1.807, 2.05) is 45.1 Å². The van der Waals surface area contributed by atoms with Crippen molar-refractivity contribution in [3.8, 4) is 0 Å². The summed E-state index contributed by atoms with van der Waals surface area (Å²) >= 11 is 0. The molecule has 4 heteroatoms. The smallest absolute Gasteiger partial charge is 0.207 e. The number of allylic oxidation sites excluding steroid dienone is 2. The Kier molecular flexibility index (Phi) is 7.76. The van der Waals surface area contributed by atoms with Gasteiger partial charge in [-0.1, -0.05) is 42.5 Å². The SMILES string of the molecule is C=C/C=C/CCN(CC(C)=C=CC)S(=O)(=O)c1ccc(C)cc1. The zero-order valence-corrected chi connectivity index (χ0v) is 14.9. The normalized spacial score (nSPS) is 11.5. The molecule has 0 aliphatic heterocycles. The van der Waals surface area contributed by atoms with E-state index in [4.69, 9.17) is 0 Å². The second-order valence-electron chi connectivity index (χ2n) is 5.32. The molecule has 0 heterocycles. The van der Waals surface area contributed by atoms with Crippen LogP contribution in [0, 0.1) is 6.92 Å². The Morgan fingerprint density at radius 3 is 2.52 bits per heavy atom. The molecule has 0 N–H and O–H groups in total. The van der Waals surface area contributed by atoms with E-state index in [1.165, 1.54) is 4.31 Å². The van der Waals surface area contributed by atoms with Gasteiger partial charge in [0, 0.05) is 13.1 Å². The van der Waals surface area contributed by atoms with Crippen LogP contribution in [0.3, 0.4) is 0 Å². The lowest BCUT2D eigenvalue weighted by atomic mass is 10.2. The number of aryl methyl sites for hydroxylation is 1. The molecule has 0 amide bonds. The first-order valence-electron chi connectivity index (χ1n) is 7.63. The molecule has 0 spiro atoms. The summed E-state index contributed by atoms with van der Waals surface area (Å²) in [5.74, 6) is 0. The van der Waals surface area contributed by atoms with E-state index < -0.39 is 10.0 Å². The summed E-state index contributed by atoms with van der Waals surface area (Å²) in [5, 5.41) is 0. The van der Waals surface area contributed by atoms with Gasteiger partial charge in [0.1, 0.15) is 0 Å². The predicted molar refractivity (Wildman–Crippen MR) is 96.8 cm³/mol. The predicted octanol–water partition coefficient (Wildman–Crippen LogP) is 4.24. The summed E-state index contributed by atoms with van der Waals surface area (Å²) < 4.78 is 27.3. The summed E-state index contributed by atoms with van der Waals surface area (Å²) in [4.78, 5) is 0.323. The van der Waals surface area contributed by atoms with Gasteiger partial charge in [-0.2, -0.15) is 4.31 Å². The van der Waals surface area contributed by atoms with E-state index in [1.54, 1.807) is 24.3 Å². The molecular formula is C19H25NO2S. The van der Waals surface area contributed by atoms with E-state index >= 15 is 0 Å². The topological polar surface area (TPSA) is 37.4 Å². The van der Waals surface area contributed by atoms with Crippen molar-refractivity contribution in [2.75, 3.05) is 13.1 Å². The molecular weight excluding hydrogens is 306 g/mol. The number of benzene rings is 1. The maximum Gasteiger partial charge on any atom is 0.243 e. The third-order valence-corrected chi connectivity index (χ3v) is 5.14. The van der Waals surface area contributed by atoms with Gasteiger partial charge in [-0.3, -0.25) is 0 Å². The Labute approximate surface area is 140 Å². The van der Waals surface area contributed by atoms with E-state index in [2.05, 4.69) is 12.3 Å². The molecule has 1 aromatic rings. The Bertz CT molecular complexity index is 706. The summed E-state index contributed by atoms with van der Waals surface area (Å²) in [6.45, 7) is 10.1. The third kappa shape index (κ3) is 6.03. The van der Waals surface area contributed by atoms with E-state index in [0.717, 1.165) is 11.1 Å². The van der Waals surface area contributed by atoms with Crippen LogP contribution in [0.1, 0.15) is 25.8 Å². The molecule has 3 nitrogen and oxygen atoms in total. The highest BCUT2D eigenvalue weighted by Crippen LogP contribution is 2.18. The third-order valence-electron chi connectivity index (χ3n) is 3.28. The average molecular weight is 331 g/mol. The van der Waals surface area contributed by atoms with Crippen molar-refractivity contribution < 1.29 is 8.42 Å². The lowest BCUT2D eigenvalue weighted by Gasteiger charge is -2.21. The Balaban J connectivity index is 3.09. The lowest BCUT2D eigenvalue weighted by Crippen LogP contribution is -2.33. The number of hydrogen-bond donors (Lipinski definition) is 0. The minimum absolute atomic E-state index is 0.323.